The lowest BCUT2D eigenvalue weighted by molar-refractivity contribution is -0.143. The first kappa shape index (κ1) is 37.9. The molecule has 0 atom stereocenters. The summed E-state index contributed by atoms with van der Waals surface area (Å²) in [5.41, 5.74) is -2.72. The van der Waals surface area contributed by atoms with Gasteiger partial charge in [-0.05, 0) is 48.0 Å². The number of aromatic nitrogens is 4. The fourth-order valence-electron chi connectivity index (χ4n) is 5.23. The summed E-state index contributed by atoms with van der Waals surface area (Å²) in [4.78, 5) is 16.4. The summed E-state index contributed by atoms with van der Waals surface area (Å²) in [6.45, 7) is 11.1. The van der Waals surface area contributed by atoms with Crippen LogP contribution in [-0.2, 0) is 29.7 Å². The molecule has 0 bridgehead atoms. The second-order valence-corrected chi connectivity index (χ2v) is 19.9. The summed E-state index contributed by atoms with van der Waals surface area (Å²) in [5, 5.41) is 12.8. The Morgan fingerprint density at radius 3 is 2.20 bits per heavy atom. The van der Waals surface area contributed by atoms with Crippen LogP contribution in [0.5, 0.6) is 0 Å². The van der Waals surface area contributed by atoms with Gasteiger partial charge in [0.05, 0.1) is 28.3 Å². The molecule has 0 saturated carbocycles. The first-order chi connectivity index (χ1) is 23.3. The molecular weight excluding hydrogens is 724 g/mol. The SMILES string of the molecule is CC(C)(C)[Si](C)(C)OCCc1onc(-c2ccccc2Cl)c1C(=O)c1nnn(Cc2cc(C(F)(F)F)cc(C(F)(F)F)c2)c1N1CCSCC1. The molecule has 50 heavy (non-hydrogen) atoms. The Labute approximate surface area is 295 Å². The number of halogens is 7. The number of thioether (sulfide) groups is 1. The number of carbonyl (C=O) groups excluding carboxylic acids is 1. The fraction of sp³-hybridized carbons (Fsp3) is 0.455. The van der Waals surface area contributed by atoms with E-state index in [1.165, 1.54) is 4.68 Å². The predicted molar refractivity (Wildman–Crippen MR) is 182 cm³/mol. The van der Waals surface area contributed by atoms with Gasteiger partial charge in [-0.25, -0.2) is 4.68 Å². The number of carbonyl (C=O) groups is 1. The lowest BCUT2D eigenvalue weighted by Crippen LogP contribution is -2.41. The maximum absolute atomic E-state index is 14.6. The minimum Gasteiger partial charge on any atom is -0.416 e. The van der Waals surface area contributed by atoms with Crippen LogP contribution in [0.4, 0.5) is 32.2 Å². The molecule has 0 amide bonds. The van der Waals surface area contributed by atoms with Crippen molar-refractivity contribution in [1.82, 2.24) is 20.2 Å². The van der Waals surface area contributed by atoms with Crippen molar-refractivity contribution in [2.75, 3.05) is 36.1 Å². The van der Waals surface area contributed by atoms with Gasteiger partial charge in [-0.2, -0.15) is 38.1 Å². The quantitative estimate of drug-likeness (QED) is 0.0900. The van der Waals surface area contributed by atoms with Gasteiger partial charge in [-0.1, -0.05) is 60.9 Å². The largest absolute Gasteiger partial charge is 0.416 e. The van der Waals surface area contributed by atoms with Crippen molar-refractivity contribution in [3.05, 3.63) is 81.2 Å². The topological polar surface area (TPSA) is 86.3 Å². The number of anilines is 1. The van der Waals surface area contributed by atoms with Crippen LogP contribution >= 0.6 is 23.4 Å². The molecule has 4 aromatic rings. The van der Waals surface area contributed by atoms with E-state index >= 15 is 0 Å². The first-order valence-corrected chi connectivity index (χ1v) is 20.2. The van der Waals surface area contributed by atoms with E-state index in [4.69, 9.17) is 20.6 Å². The molecule has 0 aliphatic carbocycles. The maximum Gasteiger partial charge on any atom is 0.416 e. The van der Waals surface area contributed by atoms with Gasteiger partial charge in [-0.3, -0.25) is 4.79 Å². The molecule has 3 heterocycles. The van der Waals surface area contributed by atoms with E-state index in [-0.39, 0.29) is 58.2 Å². The van der Waals surface area contributed by atoms with Crippen molar-refractivity contribution < 1.29 is 40.1 Å². The Hall–Kier alpha value is -3.34. The van der Waals surface area contributed by atoms with Crippen molar-refractivity contribution in [3.63, 3.8) is 0 Å². The molecule has 1 aliphatic heterocycles. The standard InChI is InChI=1S/C33H36ClF6N5O3SSi/c1-31(2,3)50(4,5)47-13-10-25-26(27(42-48-25)23-8-6-7-9-24(23)34)29(46)28-30(44-11-14-49-15-12-44)45(43-41-28)19-20-16-21(32(35,36)37)18-22(17-20)33(38,39)40/h6-9,16-18H,10-15,19H2,1-5H3. The van der Waals surface area contributed by atoms with Gasteiger partial charge < -0.3 is 13.8 Å². The van der Waals surface area contributed by atoms with Crippen LogP contribution < -0.4 is 4.90 Å². The molecule has 0 spiro atoms. The van der Waals surface area contributed by atoms with E-state index in [9.17, 15) is 31.1 Å². The summed E-state index contributed by atoms with van der Waals surface area (Å²) >= 11 is 8.19. The lowest BCUT2D eigenvalue weighted by Gasteiger charge is -2.36. The predicted octanol–water partition coefficient (Wildman–Crippen LogP) is 9.02. The average Bonchev–Trinajstić information content (AvgIpc) is 3.64. The number of ketones is 1. The third-order valence-corrected chi connectivity index (χ3v) is 14.7. The molecule has 5 rings (SSSR count). The van der Waals surface area contributed by atoms with Crippen LogP contribution in [0.25, 0.3) is 11.3 Å². The number of hydrogen-bond acceptors (Lipinski definition) is 8. The van der Waals surface area contributed by atoms with Crippen LogP contribution in [0, 0.1) is 0 Å². The Morgan fingerprint density at radius 2 is 1.62 bits per heavy atom. The summed E-state index contributed by atoms with van der Waals surface area (Å²) in [7, 11) is -2.17. The van der Waals surface area contributed by atoms with Crippen molar-refractivity contribution in [2.45, 2.75) is 64.2 Å². The highest BCUT2D eigenvalue weighted by Gasteiger charge is 2.39. The zero-order valence-electron chi connectivity index (χ0n) is 28.0. The third-order valence-electron chi connectivity index (χ3n) is 8.93. The van der Waals surface area contributed by atoms with Gasteiger partial charge in [0.25, 0.3) is 0 Å². The van der Waals surface area contributed by atoms with E-state index in [1.807, 2.05) is 4.90 Å². The van der Waals surface area contributed by atoms with Gasteiger partial charge in [0.1, 0.15) is 5.69 Å². The highest BCUT2D eigenvalue weighted by atomic mass is 35.5. The van der Waals surface area contributed by atoms with Crippen molar-refractivity contribution in [2.24, 2.45) is 0 Å². The molecule has 8 nitrogen and oxygen atoms in total. The van der Waals surface area contributed by atoms with Gasteiger partial charge in [0.2, 0.25) is 5.78 Å². The monoisotopic (exact) mass is 759 g/mol. The molecule has 270 valence electrons. The van der Waals surface area contributed by atoms with E-state index < -0.39 is 44.1 Å². The molecule has 0 unspecified atom stereocenters. The second-order valence-electron chi connectivity index (χ2n) is 13.4. The van der Waals surface area contributed by atoms with Crippen molar-refractivity contribution >= 4 is 43.3 Å². The number of hydrogen-bond donors (Lipinski definition) is 0. The van der Waals surface area contributed by atoms with Crippen LogP contribution in [0.15, 0.2) is 47.0 Å². The highest BCUT2D eigenvalue weighted by Crippen LogP contribution is 2.39. The summed E-state index contributed by atoms with van der Waals surface area (Å²) < 4.78 is 95.3. The molecule has 0 N–H and O–H groups in total. The Balaban J connectivity index is 1.60. The summed E-state index contributed by atoms with van der Waals surface area (Å²) in [5.74, 6) is 1.06. The average molecular weight is 760 g/mol. The molecule has 2 aromatic carbocycles. The maximum atomic E-state index is 14.6. The first-order valence-electron chi connectivity index (χ1n) is 15.7. The highest BCUT2D eigenvalue weighted by molar-refractivity contribution is 7.99. The Bertz CT molecular complexity index is 1820. The molecule has 1 saturated heterocycles. The fourth-order valence-corrected chi connectivity index (χ4v) is 7.41. The van der Waals surface area contributed by atoms with Crippen LogP contribution in [0.2, 0.25) is 23.2 Å². The van der Waals surface area contributed by atoms with Gasteiger partial charge in [0.15, 0.2) is 25.6 Å². The number of rotatable bonds is 10. The summed E-state index contributed by atoms with van der Waals surface area (Å²) in [6.07, 6.45) is -9.87. The van der Waals surface area contributed by atoms with E-state index in [2.05, 4.69) is 49.3 Å². The minimum absolute atomic E-state index is 0.0649. The van der Waals surface area contributed by atoms with Crippen LogP contribution in [0.1, 0.15) is 59.3 Å². The van der Waals surface area contributed by atoms with E-state index in [0.29, 0.717) is 47.3 Å². The summed E-state index contributed by atoms with van der Waals surface area (Å²) in [6, 6.07) is 8.12. The molecule has 1 fully saturated rings. The number of alkyl halides is 6. The Morgan fingerprint density at radius 1 is 1.00 bits per heavy atom. The van der Waals surface area contributed by atoms with Crippen molar-refractivity contribution in [3.8, 4) is 11.3 Å². The zero-order valence-corrected chi connectivity index (χ0v) is 30.6. The minimum atomic E-state index is -5.03. The van der Waals surface area contributed by atoms with Crippen LogP contribution in [0.3, 0.4) is 0 Å². The number of nitrogens with zero attached hydrogens (tertiary/aromatic N) is 5. The number of benzene rings is 2. The van der Waals surface area contributed by atoms with E-state index in [1.54, 1.807) is 36.0 Å². The Kier molecular flexibility index (Phi) is 10.9. The van der Waals surface area contributed by atoms with Crippen molar-refractivity contribution in [1.29, 1.82) is 0 Å². The normalized spacial score (nSPS) is 14.8. The second kappa shape index (κ2) is 14.3. The van der Waals surface area contributed by atoms with E-state index in [0.717, 1.165) is 0 Å². The third kappa shape index (κ3) is 8.24. The molecular formula is C33H36ClF6N5O3SSi. The molecule has 1 aliphatic rings. The molecule has 0 radical (unpaired) electrons. The lowest BCUT2D eigenvalue weighted by atomic mass is 9.99. The zero-order chi connectivity index (χ0) is 36.6. The van der Waals surface area contributed by atoms with Gasteiger partial charge in [-0.15, -0.1) is 5.10 Å². The smallest absolute Gasteiger partial charge is 0.416 e. The van der Waals surface area contributed by atoms with Gasteiger partial charge in [0, 0.05) is 43.2 Å². The molecule has 17 heteroatoms. The van der Waals surface area contributed by atoms with Crippen LogP contribution in [-0.4, -0.2) is 65.5 Å². The molecule has 2 aromatic heterocycles. The van der Waals surface area contributed by atoms with Gasteiger partial charge >= 0.3 is 12.4 Å².